The monoisotopic (exact) mass is 378 g/mol. The van der Waals surface area contributed by atoms with E-state index in [4.69, 9.17) is 25.8 Å². The minimum Gasteiger partial charge on any atom is -0.497 e. The van der Waals surface area contributed by atoms with Crippen LogP contribution in [0.4, 0.5) is 0 Å². The van der Waals surface area contributed by atoms with Crippen molar-refractivity contribution in [3.63, 3.8) is 0 Å². The molecular formula is C18H19ClN2O5. The third-order valence-corrected chi connectivity index (χ3v) is 3.58. The van der Waals surface area contributed by atoms with Crippen LogP contribution in [0.3, 0.4) is 0 Å². The maximum atomic E-state index is 12.0. The van der Waals surface area contributed by atoms with E-state index >= 15 is 0 Å². The average molecular weight is 379 g/mol. The van der Waals surface area contributed by atoms with Crippen molar-refractivity contribution in [3.8, 4) is 17.2 Å². The van der Waals surface area contributed by atoms with Crippen molar-refractivity contribution in [2.24, 2.45) is 0 Å². The van der Waals surface area contributed by atoms with Gasteiger partial charge in [0.2, 0.25) is 0 Å². The van der Waals surface area contributed by atoms with Crippen LogP contribution in [0.25, 0.3) is 0 Å². The Bertz CT molecular complexity index is 752. The summed E-state index contributed by atoms with van der Waals surface area (Å²) in [5, 5.41) is 0.393. The van der Waals surface area contributed by atoms with Gasteiger partial charge in [-0.15, -0.1) is 0 Å². The van der Waals surface area contributed by atoms with Crippen LogP contribution < -0.4 is 25.1 Å². The maximum Gasteiger partial charge on any atom is 0.279 e. The lowest BCUT2D eigenvalue weighted by Gasteiger charge is -2.16. The zero-order chi connectivity index (χ0) is 18.9. The Hall–Kier alpha value is -2.93. The predicted molar refractivity (Wildman–Crippen MR) is 96.3 cm³/mol. The van der Waals surface area contributed by atoms with Gasteiger partial charge in [0.25, 0.3) is 11.8 Å². The second-order valence-corrected chi connectivity index (χ2v) is 5.60. The minimum absolute atomic E-state index is 0.258. The first-order chi connectivity index (χ1) is 12.5. The van der Waals surface area contributed by atoms with Crippen LogP contribution >= 0.6 is 11.6 Å². The molecule has 1 atom stereocenters. The second kappa shape index (κ2) is 9.53. The third-order valence-electron chi connectivity index (χ3n) is 3.26. The van der Waals surface area contributed by atoms with Crippen molar-refractivity contribution in [2.45, 2.75) is 13.0 Å². The predicted octanol–water partition coefficient (Wildman–Crippen LogP) is 2.34. The number of hydrazine groups is 1. The zero-order valence-electron chi connectivity index (χ0n) is 14.3. The molecule has 2 amide bonds. The Labute approximate surface area is 156 Å². The second-order valence-electron chi connectivity index (χ2n) is 5.19. The molecule has 2 N–H and O–H groups in total. The number of benzene rings is 2. The molecule has 2 aromatic rings. The first-order valence-electron chi connectivity index (χ1n) is 7.76. The molecule has 8 heteroatoms. The topological polar surface area (TPSA) is 85.9 Å². The molecule has 0 saturated heterocycles. The third kappa shape index (κ3) is 5.86. The van der Waals surface area contributed by atoms with Crippen LogP contribution in [0.2, 0.25) is 5.02 Å². The van der Waals surface area contributed by atoms with Crippen molar-refractivity contribution < 1.29 is 23.8 Å². The fraction of sp³-hybridized carbons (Fsp3) is 0.222. The smallest absolute Gasteiger partial charge is 0.279 e. The van der Waals surface area contributed by atoms with Gasteiger partial charge in [-0.25, -0.2) is 0 Å². The first-order valence-corrected chi connectivity index (χ1v) is 8.14. The lowest BCUT2D eigenvalue weighted by atomic mass is 10.3. The number of halogens is 1. The maximum absolute atomic E-state index is 12.0. The molecule has 0 heterocycles. The molecule has 26 heavy (non-hydrogen) atoms. The summed E-state index contributed by atoms with van der Waals surface area (Å²) in [5.74, 6) is 0.525. The lowest BCUT2D eigenvalue weighted by Crippen LogP contribution is -2.48. The number of nitrogens with one attached hydrogen (secondary N) is 2. The SMILES string of the molecule is COc1ccc(OCC(=O)NNC(=O)C(C)Oc2ccccc2Cl)cc1. The van der Waals surface area contributed by atoms with E-state index < -0.39 is 17.9 Å². The Morgan fingerprint density at radius 3 is 2.35 bits per heavy atom. The molecule has 0 aromatic heterocycles. The van der Waals surface area contributed by atoms with Crippen molar-refractivity contribution >= 4 is 23.4 Å². The van der Waals surface area contributed by atoms with E-state index in [0.717, 1.165) is 0 Å². The molecule has 0 bridgehead atoms. The Balaban J connectivity index is 1.73. The summed E-state index contributed by atoms with van der Waals surface area (Å²) in [7, 11) is 1.56. The minimum atomic E-state index is -0.849. The first kappa shape index (κ1) is 19.4. The van der Waals surface area contributed by atoms with Gasteiger partial charge in [0, 0.05) is 0 Å². The van der Waals surface area contributed by atoms with Crippen LogP contribution in [0.15, 0.2) is 48.5 Å². The molecule has 7 nitrogen and oxygen atoms in total. The van der Waals surface area contributed by atoms with Crippen molar-refractivity contribution in [1.82, 2.24) is 10.9 Å². The molecule has 0 aliphatic heterocycles. The highest BCUT2D eigenvalue weighted by atomic mass is 35.5. The van der Waals surface area contributed by atoms with Crippen molar-refractivity contribution in [2.75, 3.05) is 13.7 Å². The number of methoxy groups -OCH3 is 1. The van der Waals surface area contributed by atoms with Crippen LogP contribution in [0.1, 0.15) is 6.92 Å². The molecular weight excluding hydrogens is 360 g/mol. The largest absolute Gasteiger partial charge is 0.497 e. The van der Waals surface area contributed by atoms with Gasteiger partial charge < -0.3 is 14.2 Å². The summed E-state index contributed by atoms with van der Waals surface area (Å²) in [4.78, 5) is 23.7. The number of rotatable bonds is 7. The molecule has 1 unspecified atom stereocenters. The number of hydrogen-bond acceptors (Lipinski definition) is 5. The Kier molecular flexibility index (Phi) is 7.11. The highest BCUT2D eigenvalue weighted by Gasteiger charge is 2.16. The molecule has 2 aromatic carbocycles. The fourth-order valence-corrected chi connectivity index (χ4v) is 2.05. The lowest BCUT2D eigenvalue weighted by molar-refractivity contribution is -0.133. The number of amides is 2. The van der Waals surface area contributed by atoms with Gasteiger partial charge in [-0.1, -0.05) is 23.7 Å². The van der Waals surface area contributed by atoms with E-state index in [9.17, 15) is 9.59 Å². The number of hydrogen-bond donors (Lipinski definition) is 2. The van der Waals surface area contributed by atoms with Gasteiger partial charge in [-0.2, -0.15) is 0 Å². The van der Waals surface area contributed by atoms with E-state index in [1.165, 1.54) is 0 Å². The molecule has 0 aliphatic carbocycles. The number of ether oxygens (including phenoxy) is 3. The van der Waals surface area contributed by atoms with Gasteiger partial charge >= 0.3 is 0 Å². The van der Waals surface area contributed by atoms with Gasteiger partial charge in [0.15, 0.2) is 12.7 Å². The molecule has 138 valence electrons. The van der Waals surface area contributed by atoms with Gasteiger partial charge in [-0.3, -0.25) is 20.4 Å². The fourth-order valence-electron chi connectivity index (χ4n) is 1.87. The van der Waals surface area contributed by atoms with E-state index in [1.807, 2.05) is 0 Å². The van der Waals surface area contributed by atoms with Crippen LogP contribution in [0.5, 0.6) is 17.2 Å². The molecule has 2 rings (SSSR count). The van der Waals surface area contributed by atoms with E-state index in [1.54, 1.807) is 62.6 Å². The summed E-state index contributed by atoms with van der Waals surface area (Å²) in [6.45, 7) is 1.28. The van der Waals surface area contributed by atoms with Crippen molar-refractivity contribution in [3.05, 3.63) is 53.6 Å². The zero-order valence-corrected chi connectivity index (χ0v) is 15.1. The normalized spacial score (nSPS) is 11.2. The summed E-state index contributed by atoms with van der Waals surface area (Å²) in [6, 6.07) is 13.6. The molecule has 0 spiro atoms. The van der Waals surface area contributed by atoms with E-state index in [0.29, 0.717) is 22.3 Å². The number of para-hydroxylation sites is 1. The van der Waals surface area contributed by atoms with Crippen molar-refractivity contribution in [1.29, 1.82) is 0 Å². The molecule has 0 radical (unpaired) electrons. The van der Waals surface area contributed by atoms with Crippen LogP contribution in [-0.2, 0) is 9.59 Å². The number of carbonyl (C=O) groups is 2. The van der Waals surface area contributed by atoms with Crippen LogP contribution in [-0.4, -0.2) is 31.6 Å². The highest BCUT2D eigenvalue weighted by molar-refractivity contribution is 6.32. The molecule has 0 saturated carbocycles. The highest BCUT2D eigenvalue weighted by Crippen LogP contribution is 2.24. The standard InChI is InChI=1S/C18H19ClN2O5/c1-12(26-16-6-4-3-5-15(16)19)18(23)21-20-17(22)11-25-14-9-7-13(24-2)8-10-14/h3-10,12H,11H2,1-2H3,(H,20,22)(H,21,23). The summed E-state index contributed by atoms with van der Waals surface area (Å²) >= 11 is 5.97. The summed E-state index contributed by atoms with van der Waals surface area (Å²) < 4.78 is 15.8. The average Bonchev–Trinajstić information content (AvgIpc) is 2.66. The quantitative estimate of drug-likeness (QED) is 0.722. The number of carbonyl (C=O) groups excluding carboxylic acids is 2. The summed E-state index contributed by atoms with van der Waals surface area (Å²) in [5.41, 5.74) is 4.53. The van der Waals surface area contributed by atoms with Gasteiger partial charge in [0.1, 0.15) is 17.2 Å². The van der Waals surface area contributed by atoms with Gasteiger partial charge in [-0.05, 0) is 43.3 Å². The molecule has 0 aliphatic rings. The Morgan fingerprint density at radius 2 is 1.69 bits per heavy atom. The van der Waals surface area contributed by atoms with E-state index in [-0.39, 0.29) is 6.61 Å². The van der Waals surface area contributed by atoms with Gasteiger partial charge in [0.05, 0.1) is 12.1 Å². The molecule has 0 fully saturated rings. The van der Waals surface area contributed by atoms with E-state index in [2.05, 4.69) is 10.9 Å². The Morgan fingerprint density at radius 1 is 1.04 bits per heavy atom. The summed E-state index contributed by atoms with van der Waals surface area (Å²) in [6.07, 6.45) is -0.849. The van der Waals surface area contributed by atoms with Crippen LogP contribution in [0, 0.1) is 0 Å².